The molecule has 0 amide bonds. The van der Waals surface area contributed by atoms with Crippen LogP contribution in [-0.2, 0) is 33.2 Å². The summed E-state index contributed by atoms with van der Waals surface area (Å²) < 4.78 is 31.9. The second-order valence-corrected chi connectivity index (χ2v) is 4.21. The maximum Gasteiger partial charge on any atom is 0.303 e. The average molecular weight is 278 g/mol. The molecule has 112 valence electrons. The van der Waals surface area contributed by atoms with Gasteiger partial charge in [-0.25, -0.2) is 0 Å². The number of carbonyl (C=O) groups excluding carboxylic acids is 1. The van der Waals surface area contributed by atoms with Crippen molar-refractivity contribution in [1.29, 1.82) is 0 Å². The summed E-state index contributed by atoms with van der Waals surface area (Å²) in [5.74, 6) is -0.407. The fourth-order valence-corrected chi connectivity index (χ4v) is 2.23. The Bertz CT molecular complexity index is 283. The van der Waals surface area contributed by atoms with Crippen LogP contribution in [0.1, 0.15) is 6.92 Å². The van der Waals surface area contributed by atoms with Crippen molar-refractivity contribution in [3.05, 3.63) is 0 Å². The smallest absolute Gasteiger partial charge is 0.303 e. The first-order valence-corrected chi connectivity index (χ1v) is 5.99. The standard InChI is InChI=1S/C12H22O7/c1-7(13)18-8(6-14-2)9-10(15-3)11(16-4)12(17-5)19-9/h8-12H,6H2,1-5H3/t8-,9-,10+,11+,12+/m1/s1. The van der Waals surface area contributed by atoms with E-state index >= 15 is 0 Å². The molecule has 7 heteroatoms. The van der Waals surface area contributed by atoms with Gasteiger partial charge in [0, 0.05) is 35.4 Å². The summed E-state index contributed by atoms with van der Waals surface area (Å²) in [7, 11) is 6.13. The molecule has 0 unspecified atom stereocenters. The lowest BCUT2D eigenvalue weighted by Gasteiger charge is -2.26. The summed E-state index contributed by atoms with van der Waals surface area (Å²) in [6.07, 6.45) is -2.46. The van der Waals surface area contributed by atoms with E-state index in [1.807, 2.05) is 0 Å². The Morgan fingerprint density at radius 2 is 1.74 bits per heavy atom. The van der Waals surface area contributed by atoms with E-state index in [1.54, 1.807) is 14.2 Å². The normalized spacial score (nSPS) is 32.3. The summed E-state index contributed by atoms with van der Waals surface area (Å²) in [6.45, 7) is 1.54. The molecule has 5 atom stereocenters. The molecule has 19 heavy (non-hydrogen) atoms. The number of hydrogen-bond acceptors (Lipinski definition) is 7. The van der Waals surface area contributed by atoms with Crippen LogP contribution >= 0.6 is 0 Å². The zero-order valence-electron chi connectivity index (χ0n) is 12.0. The van der Waals surface area contributed by atoms with Crippen LogP contribution in [0, 0.1) is 0 Å². The fourth-order valence-electron chi connectivity index (χ4n) is 2.23. The van der Waals surface area contributed by atoms with Gasteiger partial charge in [0.1, 0.15) is 18.3 Å². The van der Waals surface area contributed by atoms with Crippen LogP contribution in [0.5, 0.6) is 0 Å². The second kappa shape index (κ2) is 7.76. The molecule has 1 fully saturated rings. The van der Waals surface area contributed by atoms with E-state index in [0.29, 0.717) is 0 Å². The highest BCUT2D eigenvalue weighted by Gasteiger charge is 2.50. The Hall–Kier alpha value is -0.730. The molecule has 0 aromatic heterocycles. The molecule has 1 aliphatic heterocycles. The molecule has 1 heterocycles. The van der Waals surface area contributed by atoms with Crippen LogP contribution in [0.2, 0.25) is 0 Å². The fraction of sp³-hybridized carbons (Fsp3) is 0.917. The number of methoxy groups -OCH3 is 4. The molecule has 0 radical (unpaired) electrons. The van der Waals surface area contributed by atoms with Crippen molar-refractivity contribution in [1.82, 2.24) is 0 Å². The minimum Gasteiger partial charge on any atom is -0.457 e. The summed E-state index contributed by atoms with van der Waals surface area (Å²) in [4.78, 5) is 11.1. The van der Waals surface area contributed by atoms with Crippen LogP contribution in [-0.4, -0.2) is 71.7 Å². The number of ether oxygens (including phenoxy) is 6. The molecular weight excluding hydrogens is 256 g/mol. The number of rotatable bonds is 7. The predicted octanol–water partition coefficient (Wildman–Crippen LogP) is -0.0342. The van der Waals surface area contributed by atoms with Crippen LogP contribution in [0.15, 0.2) is 0 Å². The van der Waals surface area contributed by atoms with E-state index in [-0.39, 0.29) is 6.61 Å². The predicted molar refractivity (Wildman–Crippen MR) is 64.7 cm³/mol. The average Bonchev–Trinajstić information content (AvgIpc) is 2.75. The minimum atomic E-state index is -0.578. The molecule has 0 N–H and O–H groups in total. The Kier molecular flexibility index (Phi) is 6.67. The summed E-state index contributed by atoms with van der Waals surface area (Å²) in [5.41, 5.74) is 0. The van der Waals surface area contributed by atoms with E-state index < -0.39 is 36.7 Å². The Morgan fingerprint density at radius 1 is 1.11 bits per heavy atom. The second-order valence-electron chi connectivity index (χ2n) is 4.21. The topological polar surface area (TPSA) is 72.5 Å². The van der Waals surface area contributed by atoms with Gasteiger partial charge in [-0.05, 0) is 0 Å². The number of carbonyl (C=O) groups is 1. The third kappa shape index (κ3) is 3.87. The summed E-state index contributed by atoms with van der Waals surface area (Å²) >= 11 is 0. The molecule has 0 saturated carbocycles. The summed E-state index contributed by atoms with van der Waals surface area (Å²) in [5, 5.41) is 0. The first-order valence-electron chi connectivity index (χ1n) is 5.99. The molecule has 0 spiro atoms. The van der Waals surface area contributed by atoms with Crippen molar-refractivity contribution in [3.8, 4) is 0 Å². The molecule has 7 nitrogen and oxygen atoms in total. The highest BCUT2D eigenvalue weighted by molar-refractivity contribution is 5.66. The lowest BCUT2D eigenvalue weighted by Crippen LogP contribution is -2.44. The van der Waals surface area contributed by atoms with Crippen molar-refractivity contribution >= 4 is 5.97 Å². The van der Waals surface area contributed by atoms with Gasteiger partial charge in [0.25, 0.3) is 0 Å². The molecule has 0 aromatic rings. The first-order chi connectivity index (χ1) is 9.08. The SMILES string of the molecule is COC[C@@H](OC(C)=O)[C@H]1O[C@H](OC)[C@@H](OC)[C@H]1OC. The van der Waals surface area contributed by atoms with Gasteiger partial charge in [0.2, 0.25) is 0 Å². The van der Waals surface area contributed by atoms with E-state index in [1.165, 1.54) is 21.1 Å². The Balaban J connectivity index is 2.84. The molecule has 0 bridgehead atoms. The molecule has 1 rings (SSSR count). The monoisotopic (exact) mass is 278 g/mol. The van der Waals surface area contributed by atoms with Gasteiger partial charge < -0.3 is 28.4 Å². The zero-order chi connectivity index (χ0) is 14.4. The van der Waals surface area contributed by atoms with E-state index in [4.69, 9.17) is 28.4 Å². The van der Waals surface area contributed by atoms with Gasteiger partial charge in [0.05, 0.1) is 6.61 Å². The van der Waals surface area contributed by atoms with Gasteiger partial charge in [-0.3, -0.25) is 4.79 Å². The van der Waals surface area contributed by atoms with Crippen molar-refractivity contribution in [3.63, 3.8) is 0 Å². The van der Waals surface area contributed by atoms with Crippen molar-refractivity contribution < 1.29 is 33.2 Å². The van der Waals surface area contributed by atoms with Gasteiger partial charge >= 0.3 is 5.97 Å². The number of esters is 1. The minimum absolute atomic E-state index is 0.205. The first kappa shape index (κ1) is 16.3. The van der Waals surface area contributed by atoms with Gasteiger partial charge in [-0.15, -0.1) is 0 Å². The quantitative estimate of drug-likeness (QED) is 0.605. The number of hydrogen-bond donors (Lipinski definition) is 0. The highest BCUT2D eigenvalue weighted by Crippen LogP contribution is 2.29. The maximum atomic E-state index is 11.1. The zero-order valence-corrected chi connectivity index (χ0v) is 12.0. The van der Waals surface area contributed by atoms with Crippen LogP contribution in [0.25, 0.3) is 0 Å². The molecule has 1 aliphatic rings. The lowest BCUT2D eigenvalue weighted by atomic mass is 10.1. The van der Waals surface area contributed by atoms with E-state index in [9.17, 15) is 4.79 Å². The third-order valence-corrected chi connectivity index (χ3v) is 3.00. The largest absolute Gasteiger partial charge is 0.457 e. The lowest BCUT2D eigenvalue weighted by molar-refractivity contribution is -0.185. The van der Waals surface area contributed by atoms with E-state index in [0.717, 1.165) is 0 Å². The van der Waals surface area contributed by atoms with Crippen molar-refractivity contribution in [2.45, 2.75) is 37.6 Å². The van der Waals surface area contributed by atoms with E-state index in [2.05, 4.69) is 0 Å². The Labute approximate surface area is 113 Å². The molecular formula is C12H22O7. The van der Waals surface area contributed by atoms with Gasteiger partial charge in [0.15, 0.2) is 12.4 Å². The molecule has 0 aromatic carbocycles. The molecule has 0 aliphatic carbocycles. The van der Waals surface area contributed by atoms with Crippen molar-refractivity contribution in [2.24, 2.45) is 0 Å². The maximum absolute atomic E-state index is 11.1. The highest BCUT2D eigenvalue weighted by atomic mass is 16.7. The van der Waals surface area contributed by atoms with Crippen LogP contribution in [0.4, 0.5) is 0 Å². The summed E-state index contributed by atoms with van der Waals surface area (Å²) in [6, 6.07) is 0. The van der Waals surface area contributed by atoms with Crippen LogP contribution < -0.4 is 0 Å². The Morgan fingerprint density at radius 3 is 2.16 bits per heavy atom. The van der Waals surface area contributed by atoms with Crippen LogP contribution in [0.3, 0.4) is 0 Å². The van der Waals surface area contributed by atoms with Gasteiger partial charge in [-0.1, -0.05) is 0 Å². The van der Waals surface area contributed by atoms with Gasteiger partial charge in [-0.2, -0.15) is 0 Å². The van der Waals surface area contributed by atoms with Crippen molar-refractivity contribution in [2.75, 3.05) is 35.0 Å². The molecule has 1 saturated heterocycles. The third-order valence-electron chi connectivity index (χ3n) is 3.00.